The lowest BCUT2D eigenvalue weighted by Crippen LogP contribution is -2.14. The number of esters is 1. The van der Waals surface area contributed by atoms with E-state index in [0.717, 1.165) is 0 Å². The van der Waals surface area contributed by atoms with E-state index in [9.17, 15) is 14.7 Å². The molecular weight excluding hydrogens is 348 g/mol. The average Bonchev–Trinajstić information content (AvgIpc) is 2.63. The lowest BCUT2D eigenvalue weighted by atomic mass is 10.0. The molecule has 0 bridgehead atoms. The highest BCUT2D eigenvalue weighted by molar-refractivity contribution is 6.32. The number of aromatic hydroxyl groups is 1. The van der Waals surface area contributed by atoms with Crippen molar-refractivity contribution in [2.75, 3.05) is 14.2 Å². The third-order valence-electron chi connectivity index (χ3n) is 3.71. The summed E-state index contributed by atoms with van der Waals surface area (Å²) in [6, 6.07) is 9.06. The summed E-state index contributed by atoms with van der Waals surface area (Å²) in [4.78, 5) is 25.1. The summed E-state index contributed by atoms with van der Waals surface area (Å²) >= 11 is 5.89. The van der Waals surface area contributed by atoms with Crippen LogP contribution in [0.15, 0.2) is 45.6 Å². The fourth-order valence-corrected chi connectivity index (χ4v) is 2.62. The van der Waals surface area contributed by atoms with E-state index in [-0.39, 0.29) is 33.1 Å². The molecule has 0 saturated carbocycles. The summed E-state index contributed by atoms with van der Waals surface area (Å²) in [6.45, 7) is 0. The van der Waals surface area contributed by atoms with Gasteiger partial charge in [-0.2, -0.15) is 0 Å². The normalized spacial score (nSPS) is 10.7. The molecule has 0 aliphatic heterocycles. The third-order valence-corrected chi connectivity index (χ3v) is 4.01. The van der Waals surface area contributed by atoms with Gasteiger partial charge in [-0.15, -0.1) is 0 Å². The number of halogens is 1. The first kappa shape index (κ1) is 16.9. The van der Waals surface area contributed by atoms with Gasteiger partial charge in [-0.1, -0.05) is 23.7 Å². The molecule has 3 rings (SSSR count). The fraction of sp³-hybridized carbons (Fsp3) is 0.111. The minimum absolute atomic E-state index is 0.00583. The highest BCUT2D eigenvalue weighted by Crippen LogP contribution is 2.31. The van der Waals surface area contributed by atoms with Gasteiger partial charge in [0.25, 0.3) is 0 Å². The summed E-state index contributed by atoms with van der Waals surface area (Å²) in [5.41, 5.74) is 0.0723. The molecule has 0 unspecified atom stereocenters. The Kier molecular flexibility index (Phi) is 4.37. The predicted molar refractivity (Wildman–Crippen MR) is 92.5 cm³/mol. The van der Waals surface area contributed by atoms with Crippen molar-refractivity contribution in [3.05, 3.63) is 57.4 Å². The molecule has 2 aromatic carbocycles. The zero-order chi connectivity index (χ0) is 18.1. The molecule has 0 fully saturated rings. The number of methoxy groups -OCH3 is 2. The van der Waals surface area contributed by atoms with Gasteiger partial charge in [0.2, 0.25) is 11.2 Å². The first-order chi connectivity index (χ1) is 12.0. The Bertz CT molecular complexity index is 1020. The quantitative estimate of drug-likeness (QED) is 0.718. The molecule has 128 valence electrons. The van der Waals surface area contributed by atoms with Crippen molar-refractivity contribution in [1.82, 2.24) is 0 Å². The number of benzene rings is 2. The highest BCUT2D eigenvalue weighted by atomic mass is 35.5. The number of ether oxygens (including phenoxy) is 2. The van der Waals surface area contributed by atoms with Gasteiger partial charge in [-0.05, 0) is 23.8 Å². The van der Waals surface area contributed by atoms with Crippen LogP contribution < -0.4 is 10.2 Å². The Morgan fingerprint density at radius 2 is 1.84 bits per heavy atom. The van der Waals surface area contributed by atoms with E-state index in [1.807, 2.05) is 0 Å². The van der Waals surface area contributed by atoms with Crippen LogP contribution in [0.3, 0.4) is 0 Å². The summed E-state index contributed by atoms with van der Waals surface area (Å²) < 4.78 is 15.4. The largest absolute Gasteiger partial charge is 0.506 e. The second-order valence-corrected chi connectivity index (χ2v) is 5.56. The van der Waals surface area contributed by atoms with Crippen LogP contribution in [0.5, 0.6) is 11.5 Å². The lowest BCUT2D eigenvalue weighted by Gasteiger charge is -2.10. The van der Waals surface area contributed by atoms with Crippen molar-refractivity contribution in [2.45, 2.75) is 0 Å². The Morgan fingerprint density at radius 1 is 1.16 bits per heavy atom. The molecule has 0 saturated heterocycles. The molecule has 1 heterocycles. The van der Waals surface area contributed by atoms with E-state index in [4.69, 9.17) is 25.5 Å². The third kappa shape index (κ3) is 2.92. The number of hydrogen-bond donors (Lipinski definition) is 1. The Labute approximate surface area is 147 Å². The van der Waals surface area contributed by atoms with Crippen LogP contribution in [0.1, 0.15) is 10.6 Å². The monoisotopic (exact) mass is 360 g/mol. The standard InChI is InChI=1S/C18H13ClO6/c1-23-10-5-3-9(4-6-10)15-16(21)11-7-12(19)13(20)8-14(11)25-17(15)18(22)24-2/h3-8,20H,1-2H3. The first-order valence-corrected chi connectivity index (χ1v) is 7.56. The van der Waals surface area contributed by atoms with Gasteiger partial charge in [0.05, 0.1) is 30.2 Å². The number of hydrogen-bond acceptors (Lipinski definition) is 6. The smallest absolute Gasteiger partial charge is 0.374 e. The van der Waals surface area contributed by atoms with Crippen molar-refractivity contribution in [3.8, 4) is 22.6 Å². The van der Waals surface area contributed by atoms with Crippen LogP contribution in [0.25, 0.3) is 22.1 Å². The van der Waals surface area contributed by atoms with E-state index in [0.29, 0.717) is 11.3 Å². The first-order valence-electron chi connectivity index (χ1n) is 7.18. The Balaban J connectivity index is 2.37. The molecular formula is C18H13ClO6. The maximum absolute atomic E-state index is 12.9. The van der Waals surface area contributed by atoms with Gasteiger partial charge in [-0.3, -0.25) is 4.79 Å². The second kappa shape index (κ2) is 6.49. The Morgan fingerprint density at radius 3 is 2.44 bits per heavy atom. The molecule has 6 nitrogen and oxygen atoms in total. The van der Waals surface area contributed by atoms with E-state index in [1.54, 1.807) is 24.3 Å². The number of carbonyl (C=O) groups excluding carboxylic acids is 1. The van der Waals surface area contributed by atoms with Crippen molar-refractivity contribution < 1.29 is 23.8 Å². The zero-order valence-electron chi connectivity index (χ0n) is 13.3. The molecule has 0 aliphatic carbocycles. The molecule has 0 spiro atoms. The fourth-order valence-electron chi connectivity index (χ4n) is 2.46. The zero-order valence-corrected chi connectivity index (χ0v) is 14.1. The number of fused-ring (bicyclic) bond motifs is 1. The molecule has 1 N–H and O–H groups in total. The van der Waals surface area contributed by atoms with Crippen molar-refractivity contribution in [3.63, 3.8) is 0 Å². The molecule has 0 radical (unpaired) electrons. The van der Waals surface area contributed by atoms with Crippen molar-refractivity contribution in [1.29, 1.82) is 0 Å². The van der Waals surface area contributed by atoms with Crippen LogP contribution in [0.2, 0.25) is 5.02 Å². The molecule has 1 aromatic heterocycles. The van der Waals surface area contributed by atoms with E-state index < -0.39 is 11.4 Å². The second-order valence-electron chi connectivity index (χ2n) is 5.16. The van der Waals surface area contributed by atoms with E-state index in [2.05, 4.69) is 0 Å². The van der Waals surface area contributed by atoms with Crippen LogP contribution in [-0.4, -0.2) is 25.3 Å². The number of rotatable bonds is 3. The molecule has 7 heteroatoms. The minimum atomic E-state index is -0.806. The number of phenols is 1. The van der Waals surface area contributed by atoms with Gasteiger partial charge in [-0.25, -0.2) is 4.79 Å². The van der Waals surface area contributed by atoms with Crippen LogP contribution in [0, 0.1) is 0 Å². The van der Waals surface area contributed by atoms with Crippen LogP contribution >= 0.6 is 11.6 Å². The van der Waals surface area contributed by atoms with Gasteiger partial charge in [0.1, 0.15) is 17.1 Å². The number of carbonyl (C=O) groups is 1. The maximum atomic E-state index is 12.9. The SMILES string of the molecule is COC(=O)c1oc2cc(O)c(Cl)cc2c(=O)c1-c1ccc(OC)cc1. The average molecular weight is 361 g/mol. The summed E-state index contributed by atoms with van der Waals surface area (Å²) in [6.07, 6.45) is 0. The van der Waals surface area contributed by atoms with Gasteiger partial charge >= 0.3 is 5.97 Å². The summed E-state index contributed by atoms with van der Waals surface area (Å²) in [7, 11) is 2.71. The topological polar surface area (TPSA) is 86.0 Å². The summed E-state index contributed by atoms with van der Waals surface area (Å²) in [5, 5.41) is 9.86. The predicted octanol–water partition coefficient (Wildman–Crippen LogP) is 3.61. The Hall–Kier alpha value is -2.99. The molecule has 0 aliphatic rings. The molecule has 3 aromatic rings. The highest BCUT2D eigenvalue weighted by Gasteiger charge is 2.23. The van der Waals surface area contributed by atoms with Crippen molar-refractivity contribution >= 4 is 28.5 Å². The van der Waals surface area contributed by atoms with Gasteiger partial charge in [0, 0.05) is 6.07 Å². The molecule has 0 amide bonds. The minimum Gasteiger partial charge on any atom is -0.506 e. The molecule has 25 heavy (non-hydrogen) atoms. The lowest BCUT2D eigenvalue weighted by molar-refractivity contribution is 0.0567. The maximum Gasteiger partial charge on any atom is 0.374 e. The molecule has 0 atom stereocenters. The van der Waals surface area contributed by atoms with Crippen LogP contribution in [-0.2, 0) is 4.74 Å². The van der Waals surface area contributed by atoms with Gasteiger partial charge in [0.15, 0.2) is 0 Å². The van der Waals surface area contributed by atoms with E-state index in [1.165, 1.54) is 26.4 Å². The van der Waals surface area contributed by atoms with Crippen molar-refractivity contribution in [2.24, 2.45) is 0 Å². The van der Waals surface area contributed by atoms with Gasteiger partial charge < -0.3 is 19.0 Å². The number of phenolic OH excluding ortho intramolecular Hbond substituents is 1. The van der Waals surface area contributed by atoms with Crippen LogP contribution in [0.4, 0.5) is 0 Å². The van der Waals surface area contributed by atoms with E-state index >= 15 is 0 Å². The summed E-state index contributed by atoms with van der Waals surface area (Å²) in [5.74, 6) is -0.724.